The van der Waals surface area contributed by atoms with E-state index in [0.717, 1.165) is 34.6 Å². The van der Waals surface area contributed by atoms with Gasteiger partial charge in [-0.2, -0.15) is 5.10 Å². The number of carbonyl (C=O) groups is 1. The topological polar surface area (TPSA) is 163 Å². The summed E-state index contributed by atoms with van der Waals surface area (Å²) in [5, 5.41) is 9.95. The van der Waals surface area contributed by atoms with E-state index in [9.17, 15) is 26.0 Å². The Morgan fingerprint density at radius 1 is 1.15 bits per heavy atom. The minimum Gasteiger partial charge on any atom is -0.383 e. The van der Waals surface area contributed by atoms with E-state index >= 15 is 0 Å². The summed E-state index contributed by atoms with van der Waals surface area (Å²) in [5.74, 6) is -2.58. The Hall–Kier alpha value is -3.24. The number of amides is 1. The average Bonchev–Trinajstić information content (AvgIpc) is 3.49. The van der Waals surface area contributed by atoms with Crippen molar-refractivity contribution in [2.24, 2.45) is 5.14 Å². The normalized spacial score (nSPS) is 13.0. The second-order valence-corrected chi connectivity index (χ2v) is 13.6. The molecule has 1 atom stereocenters. The van der Waals surface area contributed by atoms with E-state index in [1.807, 2.05) is 18.3 Å². The number of methoxy groups -OCH3 is 1. The van der Waals surface area contributed by atoms with Crippen LogP contribution in [-0.4, -0.2) is 63.5 Å². The number of sulfone groups is 1. The molecule has 0 radical (unpaired) electrons. The van der Waals surface area contributed by atoms with Crippen molar-refractivity contribution in [1.29, 1.82) is 0 Å². The highest BCUT2D eigenvalue weighted by molar-refractivity contribution is 7.91. The van der Waals surface area contributed by atoms with Gasteiger partial charge in [-0.15, -0.1) is 11.3 Å². The number of carbonyl (C=O) groups excluding carboxylic acids is 1. The van der Waals surface area contributed by atoms with Crippen LogP contribution in [0.15, 0.2) is 54.9 Å². The van der Waals surface area contributed by atoms with Crippen molar-refractivity contribution in [2.45, 2.75) is 17.5 Å². The number of nitrogens with zero attached hydrogens (tertiary/aromatic N) is 3. The summed E-state index contributed by atoms with van der Waals surface area (Å²) in [7, 11) is -6.49. The lowest BCUT2D eigenvalue weighted by Gasteiger charge is -2.15. The van der Waals surface area contributed by atoms with Crippen LogP contribution in [-0.2, 0) is 41.7 Å². The van der Waals surface area contributed by atoms with E-state index in [1.165, 1.54) is 12.1 Å². The standard InChI is InChI=1S/C24H26FN5O6S3/c1-36-10-9-30-14-18(13-28-30)17-4-7-20-21(12-17)37-24(29-20)22(23(31)27-8-11-39(26,34)35)38(32,33)15-16-2-5-19(25)6-3-16/h2-7,12-14,22H,8-11,15H2,1H3,(H,27,31)(H2,26,34,35). The molecule has 4 rings (SSSR count). The molecular formula is C24H26FN5O6S3. The predicted molar refractivity (Wildman–Crippen MR) is 145 cm³/mol. The first-order valence-corrected chi connectivity index (χ1v) is 15.9. The molecule has 4 aromatic rings. The van der Waals surface area contributed by atoms with Crippen LogP contribution in [0.5, 0.6) is 0 Å². The Balaban J connectivity index is 1.67. The van der Waals surface area contributed by atoms with Gasteiger partial charge >= 0.3 is 0 Å². The second-order valence-electron chi connectivity index (χ2n) is 8.69. The zero-order valence-corrected chi connectivity index (χ0v) is 23.2. The van der Waals surface area contributed by atoms with Crippen molar-refractivity contribution >= 4 is 47.3 Å². The molecule has 0 aliphatic heterocycles. The van der Waals surface area contributed by atoms with Crippen molar-refractivity contribution in [3.63, 3.8) is 0 Å². The lowest BCUT2D eigenvalue weighted by Crippen LogP contribution is -2.37. The summed E-state index contributed by atoms with van der Waals surface area (Å²) < 4.78 is 70.4. The minimum atomic E-state index is -4.21. The van der Waals surface area contributed by atoms with Crippen LogP contribution in [0.3, 0.4) is 0 Å². The van der Waals surface area contributed by atoms with Crippen LogP contribution in [0, 0.1) is 5.82 Å². The Morgan fingerprint density at radius 2 is 1.90 bits per heavy atom. The molecule has 0 spiro atoms. The number of fused-ring (bicyclic) bond motifs is 1. The number of primary sulfonamides is 1. The van der Waals surface area contributed by atoms with Crippen molar-refractivity contribution in [1.82, 2.24) is 20.1 Å². The molecule has 0 aliphatic rings. The third-order valence-electron chi connectivity index (χ3n) is 5.68. The number of sulfonamides is 1. The maximum Gasteiger partial charge on any atom is 0.245 e. The molecule has 2 aromatic heterocycles. The molecule has 15 heteroatoms. The quantitative estimate of drug-likeness (QED) is 0.251. The number of benzene rings is 2. The van der Waals surface area contributed by atoms with E-state index in [4.69, 9.17) is 9.88 Å². The summed E-state index contributed by atoms with van der Waals surface area (Å²) in [6.07, 6.45) is 3.56. The molecule has 2 aromatic carbocycles. The number of halogens is 1. The number of ether oxygens (including phenoxy) is 1. The molecule has 0 bridgehead atoms. The van der Waals surface area contributed by atoms with Crippen molar-refractivity contribution in [3.05, 3.63) is 71.2 Å². The fourth-order valence-corrected chi connectivity index (χ4v) is 7.34. The maximum atomic E-state index is 13.5. The van der Waals surface area contributed by atoms with E-state index in [0.29, 0.717) is 23.4 Å². The lowest BCUT2D eigenvalue weighted by atomic mass is 10.1. The Kier molecular flexibility index (Phi) is 8.76. The van der Waals surface area contributed by atoms with Crippen LogP contribution >= 0.6 is 11.3 Å². The van der Waals surface area contributed by atoms with Gasteiger partial charge < -0.3 is 10.1 Å². The van der Waals surface area contributed by atoms with Gasteiger partial charge in [-0.25, -0.2) is 31.3 Å². The van der Waals surface area contributed by atoms with Gasteiger partial charge in [-0.05, 0) is 35.4 Å². The molecule has 1 amide bonds. The van der Waals surface area contributed by atoms with E-state index < -0.39 is 48.3 Å². The Bertz CT molecular complexity index is 1680. The summed E-state index contributed by atoms with van der Waals surface area (Å²) >= 11 is 1.04. The van der Waals surface area contributed by atoms with Gasteiger partial charge in [0.15, 0.2) is 15.1 Å². The summed E-state index contributed by atoms with van der Waals surface area (Å²) in [4.78, 5) is 17.6. The largest absolute Gasteiger partial charge is 0.383 e. The summed E-state index contributed by atoms with van der Waals surface area (Å²) in [6.45, 7) is 0.714. The van der Waals surface area contributed by atoms with Crippen LogP contribution in [0.2, 0.25) is 0 Å². The molecule has 3 N–H and O–H groups in total. The number of nitrogens with two attached hydrogens (primary N) is 1. The first kappa shape index (κ1) is 28.8. The number of rotatable bonds is 12. The third kappa shape index (κ3) is 7.45. The van der Waals surface area contributed by atoms with Gasteiger partial charge in [0.1, 0.15) is 10.8 Å². The van der Waals surface area contributed by atoms with Crippen LogP contribution < -0.4 is 10.5 Å². The molecular weight excluding hydrogens is 569 g/mol. The highest BCUT2D eigenvalue weighted by atomic mass is 32.2. The monoisotopic (exact) mass is 595 g/mol. The van der Waals surface area contributed by atoms with Gasteiger partial charge in [0.2, 0.25) is 15.9 Å². The maximum absolute atomic E-state index is 13.5. The molecule has 0 saturated heterocycles. The van der Waals surface area contributed by atoms with Gasteiger partial charge in [-0.3, -0.25) is 9.48 Å². The van der Waals surface area contributed by atoms with Crippen LogP contribution in [0.25, 0.3) is 21.3 Å². The van der Waals surface area contributed by atoms with Gasteiger partial charge in [0.05, 0.1) is 41.1 Å². The van der Waals surface area contributed by atoms with Crippen molar-refractivity contribution in [2.75, 3.05) is 26.0 Å². The molecule has 0 aliphatic carbocycles. The van der Waals surface area contributed by atoms with Gasteiger partial charge in [-0.1, -0.05) is 18.2 Å². The number of thiazole rings is 1. The molecule has 0 saturated carbocycles. The molecule has 1 unspecified atom stereocenters. The van der Waals surface area contributed by atoms with E-state index in [2.05, 4.69) is 15.4 Å². The zero-order chi connectivity index (χ0) is 28.2. The zero-order valence-electron chi connectivity index (χ0n) is 20.8. The first-order chi connectivity index (χ1) is 18.4. The van der Waals surface area contributed by atoms with Crippen LogP contribution in [0.1, 0.15) is 15.8 Å². The molecule has 11 nitrogen and oxygen atoms in total. The van der Waals surface area contributed by atoms with Crippen molar-refractivity contribution in [3.8, 4) is 11.1 Å². The third-order valence-corrected chi connectivity index (χ3v) is 9.58. The second kappa shape index (κ2) is 11.9. The number of hydrogen-bond donors (Lipinski definition) is 2. The molecule has 208 valence electrons. The number of hydrogen-bond acceptors (Lipinski definition) is 9. The molecule has 0 fully saturated rings. The van der Waals surface area contributed by atoms with E-state index in [-0.39, 0.29) is 17.1 Å². The first-order valence-electron chi connectivity index (χ1n) is 11.6. The molecule has 2 heterocycles. The van der Waals surface area contributed by atoms with Crippen molar-refractivity contribution < 1.29 is 30.8 Å². The Morgan fingerprint density at radius 3 is 2.59 bits per heavy atom. The fraction of sp³-hybridized carbons (Fsp3) is 0.292. The Labute approximate surface area is 228 Å². The highest BCUT2D eigenvalue weighted by Crippen LogP contribution is 2.35. The lowest BCUT2D eigenvalue weighted by molar-refractivity contribution is -0.120. The number of aromatic nitrogens is 3. The highest BCUT2D eigenvalue weighted by Gasteiger charge is 2.37. The summed E-state index contributed by atoms with van der Waals surface area (Å²) in [5.41, 5.74) is 2.44. The van der Waals surface area contributed by atoms with Gasteiger partial charge in [0, 0.05) is 25.4 Å². The minimum absolute atomic E-state index is 0.0214. The van der Waals surface area contributed by atoms with E-state index in [1.54, 1.807) is 24.1 Å². The fourth-order valence-electron chi connectivity index (χ4n) is 3.79. The molecule has 39 heavy (non-hydrogen) atoms. The van der Waals surface area contributed by atoms with Gasteiger partial charge in [0.25, 0.3) is 0 Å². The predicted octanol–water partition coefficient (Wildman–Crippen LogP) is 2.01. The van der Waals surface area contributed by atoms with Crippen LogP contribution in [0.4, 0.5) is 4.39 Å². The smallest absolute Gasteiger partial charge is 0.245 e. The number of nitrogens with one attached hydrogen (secondary N) is 1. The average molecular weight is 596 g/mol. The summed E-state index contributed by atoms with van der Waals surface area (Å²) in [6, 6.07) is 10.3. The SMILES string of the molecule is COCCn1cc(-c2ccc3nc(C(C(=O)NCCS(N)(=O)=O)S(=O)(=O)Cc4ccc(F)cc4)sc3c2)cn1.